The number of benzene rings is 1. The fourth-order valence-corrected chi connectivity index (χ4v) is 2.22. The number of hydrogen-bond donors (Lipinski definition) is 2. The van der Waals surface area contributed by atoms with Crippen molar-refractivity contribution in [3.63, 3.8) is 0 Å². The van der Waals surface area contributed by atoms with Gasteiger partial charge >= 0.3 is 0 Å². The van der Waals surface area contributed by atoms with E-state index in [-0.39, 0.29) is 17.4 Å². The van der Waals surface area contributed by atoms with E-state index in [0.717, 1.165) is 24.2 Å². The molecule has 0 aliphatic carbocycles. The Bertz CT molecular complexity index is 460. The van der Waals surface area contributed by atoms with Crippen LogP contribution >= 0.6 is 0 Å². The Morgan fingerprint density at radius 1 is 1.33 bits per heavy atom. The molecule has 1 aliphatic rings. The minimum atomic E-state index is -0.192. The molecule has 0 bridgehead atoms. The molecule has 2 N–H and O–H groups in total. The number of hydrogen-bond acceptors (Lipinski definition) is 2. The molecule has 1 aromatic rings. The van der Waals surface area contributed by atoms with Crippen LogP contribution in [0.1, 0.15) is 51.3 Å². The molecular weight excluding hydrogens is 224 g/mol. The maximum absolute atomic E-state index is 11.9. The molecule has 2 rings (SSSR count). The quantitative estimate of drug-likeness (QED) is 0.861. The van der Waals surface area contributed by atoms with Gasteiger partial charge in [0.1, 0.15) is 6.04 Å². The van der Waals surface area contributed by atoms with E-state index in [1.54, 1.807) is 0 Å². The monoisotopic (exact) mass is 246 g/mol. The van der Waals surface area contributed by atoms with Gasteiger partial charge in [0.15, 0.2) is 0 Å². The Morgan fingerprint density at radius 2 is 2.06 bits per heavy atom. The highest BCUT2D eigenvalue weighted by Crippen LogP contribution is 2.34. The summed E-state index contributed by atoms with van der Waals surface area (Å²) >= 11 is 0. The van der Waals surface area contributed by atoms with E-state index in [0.29, 0.717) is 0 Å². The average molecular weight is 246 g/mol. The summed E-state index contributed by atoms with van der Waals surface area (Å²) in [6, 6.07) is 6.07. The topological polar surface area (TPSA) is 41.1 Å². The fourth-order valence-electron chi connectivity index (χ4n) is 2.22. The molecule has 18 heavy (non-hydrogen) atoms. The second-order valence-corrected chi connectivity index (χ2v) is 5.93. The van der Waals surface area contributed by atoms with E-state index in [2.05, 4.69) is 50.5 Å². The highest BCUT2D eigenvalue weighted by atomic mass is 16.2. The van der Waals surface area contributed by atoms with Crippen LogP contribution in [0.2, 0.25) is 0 Å². The number of amides is 1. The first-order chi connectivity index (χ1) is 8.43. The number of rotatable bonds is 3. The Hall–Kier alpha value is -1.35. The summed E-state index contributed by atoms with van der Waals surface area (Å²) in [5.41, 5.74) is 3.40. The fraction of sp³-hybridized carbons (Fsp3) is 0.533. The lowest BCUT2D eigenvalue weighted by Crippen LogP contribution is -2.28. The van der Waals surface area contributed by atoms with Crippen molar-refractivity contribution in [2.75, 3.05) is 11.9 Å². The number of carbonyl (C=O) groups is 1. The van der Waals surface area contributed by atoms with Crippen LogP contribution in [-0.2, 0) is 10.2 Å². The second kappa shape index (κ2) is 4.73. The minimum absolute atomic E-state index is 0.0597. The summed E-state index contributed by atoms with van der Waals surface area (Å²) < 4.78 is 0. The zero-order chi connectivity index (χ0) is 13.3. The van der Waals surface area contributed by atoms with Crippen molar-refractivity contribution in [3.8, 4) is 0 Å². The highest BCUT2D eigenvalue weighted by Gasteiger charge is 2.30. The van der Waals surface area contributed by atoms with Crippen LogP contribution in [0.15, 0.2) is 18.2 Å². The lowest BCUT2D eigenvalue weighted by Gasteiger charge is -2.20. The maximum atomic E-state index is 11.9. The lowest BCUT2D eigenvalue weighted by molar-refractivity contribution is -0.117. The minimum Gasteiger partial charge on any atom is -0.324 e. The van der Waals surface area contributed by atoms with Crippen molar-refractivity contribution in [3.05, 3.63) is 29.3 Å². The summed E-state index contributed by atoms with van der Waals surface area (Å²) in [4.78, 5) is 11.9. The van der Waals surface area contributed by atoms with Crippen LogP contribution in [0.4, 0.5) is 5.69 Å². The van der Waals surface area contributed by atoms with Gasteiger partial charge in [0, 0.05) is 11.3 Å². The largest absolute Gasteiger partial charge is 0.324 e. The van der Waals surface area contributed by atoms with E-state index in [9.17, 15) is 4.79 Å². The standard InChI is InChI=1S/C15H22N2O/c1-5-8-16-13-11-9-10(15(2,3)4)6-7-12(11)17-14(13)18/h6-7,9,13,16H,5,8H2,1-4H3,(H,17,18). The van der Waals surface area contributed by atoms with Crippen molar-refractivity contribution in [2.45, 2.75) is 45.6 Å². The van der Waals surface area contributed by atoms with E-state index < -0.39 is 0 Å². The summed E-state index contributed by atoms with van der Waals surface area (Å²) in [5, 5.41) is 6.24. The van der Waals surface area contributed by atoms with E-state index in [1.165, 1.54) is 5.56 Å². The zero-order valence-corrected chi connectivity index (χ0v) is 11.6. The van der Waals surface area contributed by atoms with Crippen LogP contribution < -0.4 is 10.6 Å². The summed E-state index contributed by atoms with van der Waals surface area (Å²) in [6.07, 6.45) is 1.03. The van der Waals surface area contributed by atoms with Gasteiger partial charge in [-0.25, -0.2) is 0 Å². The predicted molar refractivity (Wildman–Crippen MR) is 74.8 cm³/mol. The third-order valence-corrected chi connectivity index (χ3v) is 3.35. The summed E-state index contributed by atoms with van der Waals surface area (Å²) in [5.74, 6) is 0.0597. The molecule has 1 heterocycles. The smallest absolute Gasteiger partial charge is 0.246 e. The van der Waals surface area contributed by atoms with Crippen molar-refractivity contribution in [1.29, 1.82) is 0 Å². The summed E-state index contributed by atoms with van der Waals surface area (Å²) in [6.45, 7) is 9.53. The maximum Gasteiger partial charge on any atom is 0.246 e. The number of carbonyl (C=O) groups excluding carboxylic acids is 1. The third kappa shape index (κ3) is 2.41. The Morgan fingerprint density at radius 3 is 2.67 bits per heavy atom. The average Bonchev–Trinajstić information content (AvgIpc) is 2.60. The van der Waals surface area contributed by atoms with Crippen molar-refractivity contribution in [1.82, 2.24) is 5.32 Å². The number of nitrogens with one attached hydrogen (secondary N) is 2. The molecule has 98 valence electrons. The molecule has 1 aromatic carbocycles. The normalized spacial score (nSPS) is 18.7. The number of anilines is 1. The second-order valence-electron chi connectivity index (χ2n) is 5.93. The van der Waals surface area contributed by atoms with Gasteiger partial charge in [-0.3, -0.25) is 4.79 Å². The molecule has 1 amide bonds. The molecule has 1 aliphatic heterocycles. The SMILES string of the molecule is CCCNC1C(=O)Nc2ccc(C(C)(C)C)cc21. The highest BCUT2D eigenvalue weighted by molar-refractivity contribution is 6.02. The van der Waals surface area contributed by atoms with Crippen LogP contribution in [0, 0.1) is 0 Å². The van der Waals surface area contributed by atoms with Gasteiger partial charge < -0.3 is 10.6 Å². The molecule has 3 heteroatoms. The van der Waals surface area contributed by atoms with Crippen molar-refractivity contribution < 1.29 is 4.79 Å². The first-order valence-electron chi connectivity index (χ1n) is 6.62. The van der Waals surface area contributed by atoms with Crippen molar-refractivity contribution >= 4 is 11.6 Å². The van der Waals surface area contributed by atoms with Crippen LogP contribution in [0.25, 0.3) is 0 Å². The van der Waals surface area contributed by atoms with Gasteiger partial charge in [0.05, 0.1) is 0 Å². The molecule has 1 unspecified atom stereocenters. The molecule has 0 saturated heterocycles. The van der Waals surface area contributed by atoms with Crippen molar-refractivity contribution in [2.24, 2.45) is 0 Å². The van der Waals surface area contributed by atoms with Gasteiger partial charge in [0.25, 0.3) is 0 Å². The summed E-state index contributed by atoms with van der Waals surface area (Å²) in [7, 11) is 0. The molecule has 0 radical (unpaired) electrons. The molecule has 0 spiro atoms. The Kier molecular flexibility index (Phi) is 3.44. The van der Waals surface area contributed by atoms with Gasteiger partial charge in [-0.05, 0) is 30.0 Å². The number of fused-ring (bicyclic) bond motifs is 1. The van der Waals surface area contributed by atoms with Crippen LogP contribution in [0.5, 0.6) is 0 Å². The molecule has 0 aromatic heterocycles. The third-order valence-electron chi connectivity index (χ3n) is 3.35. The molecule has 1 atom stereocenters. The van der Waals surface area contributed by atoms with Gasteiger partial charge in [-0.15, -0.1) is 0 Å². The van der Waals surface area contributed by atoms with Crippen LogP contribution in [-0.4, -0.2) is 12.5 Å². The zero-order valence-electron chi connectivity index (χ0n) is 11.6. The Balaban J connectivity index is 2.33. The Labute approximate surface area is 109 Å². The van der Waals surface area contributed by atoms with Gasteiger partial charge in [-0.2, -0.15) is 0 Å². The molecular formula is C15H22N2O. The van der Waals surface area contributed by atoms with E-state index in [4.69, 9.17) is 0 Å². The first kappa shape index (κ1) is 13.1. The van der Waals surface area contributed by atoms with Crippen LogP contribution in [0.3, 0.4) is 0 Å². The molecule has 3 nitrogen and oxygen atoms in total. The van der Waals surface area contributed by atoms with E-state index in [1.807, 2.05) is 6.07 Å². The first-order valence-corrected chi connectivity index (χ1v) is 6.62. The van der Waals surface area contributed by atoms with Gasteiger partial charge in [-0.1, -0.05) is 39.8 Å². The predicted octanol–water partition coefficient (Wildman–Crippen LogP) is 2.98. The lowest BCUT2D eigenvalue weighted by atomic mass is 9.85. The molecule has 0 fully saturated rings. The molecule has 0 saturated carbocycles. The van der Waals surface area contributed by atoms with E-state index >= 15 is 0 Å². The van der Waals surface area contributed by atoms with Gasteiger partial charge in [0.2, 0.25) is 5.91 Å².